The van der Waals surface area contributed by atoms with Gasteiger partial charge in [0.1, 0.15) is 11.6 Å². The summed E-state index contributed by atoms with van der Waals surface area (Å²) in [6, 6.07) is -1.81. The maximum Gasteiger partial charge on any atom is 0.408 e. The lowest BCUT2D eigenvalue weighted by atomic mass is 9.96. The van der Waals surface area contributed by atoms with Crippen LogP contribution in [0.15, 0.2) is 6.07 Å². The SMILES string of the molecule is COCC[C@@H](NC(F)C(NC(=O)OC(C)(C)C)C(F)F)c1cc(NC(=O)C(C)(C)C)nnc1Cl. The topological polar surface area (TPSA) is 114 Å². The van der Waals surface area contributed by atoms with E-state index in [9.17, 15) is 18.4 Å². The Morgan fingerprint density at radius 2 is 1.74 bits per heavy atom. The normalized spacial score (nSPS) is 14.9. The molecule has 9 nitrogen and oxygen atoms in total. The number of nitrogens with one attached hydrogen (secondary N) is 3. The molecule has 1 aromatic rings. The molecule has 0 saturated heterocycles. The number of hydrogen-bond donors (Lipinski definition) is 3. The second-order valence-corrected chi connectivity index (χ2v) is 9.95. The summed E-state index contributed by atoms with van der Waals surface area (Å²) in [6.07, 6.45) is -6.72. The number of nitrogens with zero attached hydrogens (tertiary/aromatic N) is 2. The average molecular weight is 512 g/mol. The standard InChI is InChI=1S/C21H33ClF3N5O4/c1-20(2,3)18(31)27-13-10-11(15(22)30-29-13)12(8-9-33-7)26-17(25)14(16(23)24)28-19(32)34-21(4,5)6/h10,12,14,16-17,26H,8-9H2,1-7H3,(H,28,32)(H,27,29,31)/t12-,14?,17?/m1/s1. The summed E-state index contributed by atoms with van der Waals surface area (Å²) in [6.45, 7) is 9.85. The van der Waals surface area contributed by atoms with Crippen molar-refractivity contribution >= 4 is 29.4 Å². The molecular weight excluding hydrogens is 479 g/mol. The van der Waals surface area contributed by atoms with Crippen molar-refractivity contribution in [3.05, 3.63) is 16.8 Å². The van der Waals surface area contributed by atoms with Crippen molar-refractivity contribution in [2.45, 2.75) is 78.4 Å². The third-order valence-electron chi connectivity index (χ3n) is 4.32. The minimum Gasteiger partial charge on any atom is -0.444 e. The molecule has 0 aliphatic rings. The number of alkyl halides is 3. The summed E-state index contributed by atoms with van der Waals surface area (Å²) < 4.78 is 52.2. The molecule has 1 heterocycles. The second kappa shape index (κ2) is 12.5. The van der Waals surface area contributed by atoms with Crippen LogP contribution in [0.25, 0.3) is 0 Å². The zero-order chi connectivity index (χ0) is 26.3. The van der Waals surface area contributed by atoms with E-state index in [0.717, 1.165) is 0 Å². The number of carbonyl (C=O) groups excluding carboxylic acids is 2. The minimum absolute atomic E-state index is 0.0521. The van der Waals surface area contributed by atoms with Gasteiger partial charge in [0.05, 0.1) is 0 Å². The Morgan fingerprint density at radius 3 is 2.24 bits per heavy atom. The van der Waals surface area contributed by atoms with Crippen molar-refractivity contribution in [1.29, 1.82) is 0 Å². The van der Waals surface area contributed by atoms with E-state index >= 15 is 4.39 Å². The predicted molar refractivity (Wildman–Crippen MR) is 122 cm³/mol. The summed E-state index contributed by atoms with van der Waals surface area (Å²) in [5, 5.41) is 14.3. The number of alkyl carbamates (subject to hydrolysis) is 1. The second-order valence-electron chi connectivity index (χ2n) is 9.59. The van der Waals surface area contributed by atoms with Crippen molar-refractivity contribution in [3.63, 3.8) is 0 Å². The Morgan fingerprint density at radius 1 is 1.12 bits per heavy atom. The van der Waals surface area contributed by atoms with Gasteiger partial charge < -0.3 is 20.1 Å². The number of halogens is 4. The summed E-state index contributed by atoms with van der Waals surface area (Å²) in [5.74, 6) is -0.296. The lowest BCUT2D eigenvalue weighted by molar-refractivity contribution is -0.123. The van der Waals surface area contributed by atoms with Crippen LogP contribution in [0, 0.1) is 5.41 Å². The van der Waals surface area contributed by atoms with Gasteiger partial charge in [-0.3, -0.25) is 10.1 Å². The van der Waals surface area contributed by atoms with Gasteiger partial charge in [-0.15, -0.1) is 10.2 Å². The third kappa shape index (κ3) is 9.98. The molecule has 2 amide bonds. The lowest BCUT2D eigenvalue weighted by Gasteiger charge is -2.28. The Bertz CT molecular complexity index is 834. The largest absolute Gasteiger partial charge is 0.444 e. The average Bonchev–Trinajstić information content (AvgIpc) is 2.68. The Hall–Kier alpha value is -2.18. The molecule has 0 spiro atoms. The van der Waals surface area contributed by atoms with Gasteiger partial charge in [0.25, 0.3) is 6.43 Å². The van der Waals surface area contributed by atoms with Crippen LogP contribution in [0.5, 0.6) is 0 Å². The predicted octanol–water partition coefficient (Wildman–Crippen LogP) is 4.24. The fraction of sp³-hybridized carbons (Fsp3) is 0.714. The molecule has 0 aliphatic carbocycles. The van der Waals surface area contributed by atoms with E-state index in [0.29, 0.717) is 0 Å². The quantitative estimate of drug-likeness (QED) is 0.402. The Kier molecular flexibility index (Phi) is 11.0. The molecule has 1 rings (SSSR count). The first-order valence-corrected chi connectivity index (χ1v) is 10.9. The van der Waals surface area contributed by atoms with Gasteiger partial charge >= 0.3 is 6.09 Å². The fourth-order valence-electron chi connectivity index (χ4n) is 2.57. The van der Waals surface area contributed by atoms with E-state index in [-0.39, 0.29) is 35.5 Å². The highest BCUT2D eigenvalue weighted by atomic mass is 35.5. The number of carbonyl (C=O) groups is 2. The maximum absolute atomic E-state index is 15.0. The number of anilines is 1. The molecule has 194 valence electrons. The molecule has 1 aromatic heterocycles. The molecule has 34 heavy (non-hydrogen) atoms. The molecule has 0 fully saturated rings. The highest BCUT2D eigenvalue weighted by Crippen LogP contribution is 2.27. The third-order valence-corrected chi connectivity index (χ3v) is 4.61. The highest BCUT2D eigenvalue weighted by Gasteiger charge is 2.35. The summed E-state index contributed by atoms with van der Waals surface area (Å²) in [7, 11) is 1.41. The van der Waals surface area contributed by atoms with Crippen LogP contribution in [0.1, 0.15) is 59.6 Å². The molecule has 3 N–H and O–H groups in total. The first kappa shape index (κ1) is 29.9. The fourth-order valence-corrected chi connectivity index (χ4v) is 2.79. The molecule has 0 aromatic carbocycles. The van der Waals surface area contributed by atoms with E-state index in [4.69, 9.17) is 21.1 Å². The smallest absolute Gasteiger partial charge is 0.408 e. The summed E-state index contributed by atoms with van der Waals surface area (Å²) in [5.41, 5.74) is -1.48. The zero-order valence-electron chi connectivity index (χ0n) is 20.3. The molecule has 2 unspecified atom stereocenters. The molecule has 13 heteroatoms. The van der Waals surface area contributed by atoms with Gasteiger partial charge in [0.15, 0.2) is 17.3 Å². The van der Waals surface area contributed by atoms with E-state index < -0.39 is 41.9 Å². The van der Waals surface area contributed by atoms with Crippen molar-refractivity contribution in [1.82, 2.24) is 20.8 Å². The van der Waals surface area contributed by atoms with Crippen LogP contribution in [0.4, 0.5) is 23.8 Å². The van der Waals surface area contributed by atoms with E-state index in [1.165, 1.54) is 13.2 Å². The minimum atomic E-state index is -3.24. The van der Waals surface area contributed by atoms with Gasteiger partial charge in [0, 0.05) is 30.7 Å². The van der Waals surface area contributed by atoms with Crippen LogP contribution in [-0.4, -0.2) is 60.3 Å². The van der Waals surface area contributed by atoms with E-state index in [1.54, 1.807) is 41.5 Å². The van der Waals surface area contributed by atoms with E-state index in [1.807, 2.05) is 5.32 Å². The Balaban J connectivity index is 3.15. The number of hydrogen-bond acceptors (Lipinski definition) is 7. The van der Waals surface area contributed by atoms with Gasteiger partial charge in [-0.1, -0.05) is 32.4 Å². The van der Waals surface area contributed by atoms with Crippen LogP contribution in [0.2, 0.25) is 5.15 Å². The van der Waals surface area contributed by atoms with Gasteiger partial charge in [0.2, 0.25) is 5.91 Å². The Labute approximate surface area is 202 Å². The van der Waals surface area contributed by atoms with E-state index in [2.05, 4.69) is 20.8 Å². The first-order valence-electron chi connectivity index (χ1n) is 10.6. The lowest BCUT2D eigenvalue weighted by Crippen LogP contribution is -2.53. The monoisotopic (exact) mass is 511 g/mol. The van der Waals surface area contributed by atoms with Crippen LogP contribution in [0.3, 0.4) is 0 Å². The molecule has 0 bridgehead atoms. The first-order chi connectivity index (χ1) is 15.5. The summed E-state index contributed by atoms with van der Waals surface area (Å²) in [4.78, 5) is 24.2. The highest BCUT2D eigenvalue weighted by molar-refractivity contribution is 6.30. The van der Waals surface area contributed by atoms with Crippen LogP contribution >= 0.6 is 11.6 Å². The maximum atomic E-state index is 15.0. The van der Waals surface area contributed by atoms with Crippen LogP contribution in [-0.2, 0) is 14.3 Å². The number of methoxy groups -OCH3 is 1. The van der Waals surface area contributed by atoms with Crippen LogP contribution < -0.4 is 16.0 Å². The molecule has 3 atom stereocenters. The van der Waals surface area contributed by atoms with Crippen molar-refractivity contribution in [2.75, 3.05) is 19.0 Å². The van der Waals surface area contributed by atoms with Crippen molar-refractivity contribution < 1.29 is 32.2 Å². The molecule has 0 aliphatic heterocycles. The summed E-state index contributed by atoms with van der Waals surface area (Å²) >= 11 is 6.15. The number of aromatic nitrogens is 2. The zero-order valence-corrected chi connectivity index (χ0v) is 21.1. The van der Waals surface area contributed by atoms with Crippen molar-refractivity contribution in [2.24, 2.45) is 5.41 Å². The van der Waals surface area contributed by atoms with Gasteiger partial charge in [-0.2, -0.15) is 0 Å². The van der Waals surface area contributed by atoms with Crippen molar-refractivity contribution in [3.8, 4) is 0 Å². The number of rotatable bonds is 10. The number of ether oxygens (including phenoxy) is 2. The van der Waals surface area contributed by atoms with Gasteiger partial charge in [-0.05, 0) is 33.3 Å². The number of amides is 2. The molecule has 0 saturated carbocycles. The molecule has 0 radical (unpaired) electrons. The van der Waals surface area contributed by atoms with Gasteiger partial charge in [-0.25, -0.2) is 18.0 Å². The molecular formula is C21H33ClF3N5O4.